The van der Waals surface area contributed by atoms with Crippen molar-refractivity contribution in [1.82, 2.24) is 5.32 Å². The summed E-state index contributed by atoms with van der Waals surface area (Å²) in [5, 5.41) is 33.0. The third-order valence-electron chi connectivity index (χ3n) is 9.70. The van der Waals surface area contributed by atoms with Crippen LogP contribution in [0.25, 0.3) is 0 Å². The zero-order chi connectivity index (χ0) is 35.9. The van der Waals surface area contributed by atoms with Crippen LogP contribution in [0.4, 0.5) is 0 Å². The summed E-state index contributed by atoms with van der Waals surface area (Å²) in [5.74, 6) is -0.518. The highest BCUT2D eigenvalue weighted by atomic mass is 16.3. The summed E-state index contributed by atoms with van der Waals surface area (Å²) in [6.45, 7) is 4.15. The van der Waals surface area contributed by atoms with Gasteiger partial charge in [-0.2, -0.15) is 0 Å². The predicted octanol–water partition coefficient (Wildman–Crippen LogP) is 12.0. The van der Waals surface area contributed by atoms with Crippen LogP contribution in [0.5, 0.6) is 0 Å². The Morgan fingerprint density at radius 3 is 1.24 bits per heavy atom. The van der Waals surface area contributed by atoms with E-state index in [0.29, 0.717) is 6.42 Å². The van der Waals surface area contributed by atoms with Crippen LogP contribution in [0.2, 0.25) is 0 Å². The summed E-state index contributed by atoms with van der Waals surface area (Å²) >= 11 is 0. The Hall–Kier alpha value is -1.43. The number of hydrogen-bond acceptors (Lipinski definition) is 4. The third-order valence-corrected chi connectivity index (χ3v) is 9.70. The normalized spacial score (nSPS) is 14.0. The molecule has 0 aliphatic carbocycles. The second-order valence-electron chi connectivity index (χ2n) is 14.5. The number of aliphatic hydroxyl groups is 3. The summed E-state index contributed by atoms with van der Waals surface area (Å²) in [7, 11) is 0. The van der Waals surface area contributed by atoms with E-state index in [9.17, 15) is 20.1 Å². The molecular formula is C44H83NO4. The molecule has 3 atom stereocenters. The Kier molecular flexibility index (Phi) is 38.2. The van der Waals surface area contributed by atoms with Crippen molar-refractivity contribution in [3.63, 3.8) is 0 Å². The van der Waals surface area contributed by atoms with Gasteiger partial charge in [0.25, 0.3) is 0 Å². The van der Waals surface area contributed by atoms with E-state index in [-0.39, 0.29) is 6.61 Å². The van der Waals surface area contributed by atoms with Crippen molar-refractivity contribution in [3.8, 4) is 0 Å². The van der Waals surface area contributed by atoms with E-state index in [1.165, 1.54) is 154 Å². The zero-order valence-electron chi connectivity index (χ0n) is 32.6. The first-order valence-corrected chi connectivity index (χ1v) is 21.3. The minimum atomic E-state index is -1.11. The molecule has 0 radical (unpaired) electrons. The maximum absolute atomic E-state index is 12.4. The standard InChI is InChI=1S/C44H83NO4/c1-3-5-7-9-11-13-15-17-18-19-20-21-22-23-24-25-27-29-31-33-35-37-39-43(48)44(49)45-41(40-46)42(47)38-36-34-32-30-28-26-16-14-12-10-8-6-4-2/h23-24,28,30,36,38,41-43,46-48H,3-22,25-27,29,31-35,37,39-40H2,1-2H3,(H,45,49)/b24-23-,30-28+,38-36+. The van der Waals surface area contributed by atoms with E-state index >= 15 is 0 Å². The van der Waals surface area contributed by atoms with Crippen molar-refractivity contribution in [2.45, 2.75) is 231 Å². The van der Waals surface area contributed by atoms with Gasteiger partial charge >= 0.3 is 0 Å². The van der Waals surface area contributed by atoms with Crippen molar-refractivity contribution in [2.24, 2.45) is 0 Å². The van der Waals surface area contributed by atoms with E-state index in [4.69, 9.17) is 0 Å². The summed E-state index contributed by atoms with van der Waals surface area (Å²) in [6.07, 6.45) is 48.9. The van der Waals surface area contributed by atoms with Crippen molar-refractivity contribution in [3.05, 3.63) is 36.5 Å². The number of unbranched alkanes of at least 4 members (excludes halogenated alkanes) is 26. The molecule has 5 heteroatoms. The van der Waals surface area contributed by atoms with Crippen molar-refractivity contribution in [1.29, 1.82) is 0 Å². The van der Waals surface area contributed by atoms with Gasteiger partial charge in [-0.15, -0.1) is 0 Å². The molecule has 5 nitrogen and oxygen atoms in total. The number of hydrogen-bond donors (Lipinski definition) is 4. The molecule has 0 rings (SSSR count). The maximum atomic E-state index is 12.4. The molecule has 0 saturated carbocycles. The fourth-order valence-electron chi connectivity index (χ4n) is 6.31. The van der Waals surface area contributed by atoms with Crippen LogP contribution in [0, 0.1) is 0 Å². The number of carbonyl (C=O) groups excluding carboxylic acids is 1. The number of rotatable bonds is 38. The Bertz CT molecular complexity index is 764. The smallest absolute Gasteiger partial charge is 0.249 e. The molecule has 0 aliphatic rings. The average Bonchev–Trinajstić information content (AvgIpc) is 3.11. The Morgan fingerprint density at radius 1 is 0.490 bits per heavy atom. The lowest BCUT2D eigenvalue weighted by Gasteiger charge is -2.21. The van der Waals surface area contributed by atoms with Gasteiger partial charge in [-0.25, -0.2) is 0 Å². The largest absolute Gasteiger partial charge is 0.394 e. The molecule has 0 bridgehead atoms. The van der Waals surface area contributed by atoms with Gasteiger partial charge in [0, 0.05) is 0 Å². The molecular weight excluding hydrogens is 606 g/mol. The van der Waals surface area contributed by atoms with Crippen LogP contribution >= 0.6 is 0 Å². The Balaban J connectivity index is 3.70. The number of nitrogens with one attached hydrogen (secondary N) is 1. The summed E-state index contributed by atoms with van der Waals surface area (Å²) < 4.78 is 0. The molecule has 288 valence electrons. The molecule has 3 unspecified atom stereocenters. The minimum absolute atomic E-state index is 0.378. The monoisotopic (exact) mass is 690 g/mol. The molecule has 4 N–H and O–H groups in total. The highest BCUT2D eigenvalue weighted by Crippen LogP contribution is 2.14. The lowest BCUT2D eigenvalue weighted by molar-refractivity contribution is -0.131. The number of amides is 1. The molecule has 0 fully saturated rings. The van der Waals surface area contributed by atoms with Crippen LogP contribution in [0.15, 0.2) is 36.5 Å². The lowest BCUT2D eigenvalue weighted by atomic mass is 10.0. The van der Waals surface area contributed by atoms with Gasteiger partial charge in [0.1, 0.15) is 6.10 Å². The molecule has 0 aromatic rings. The topological polar surface area (TPSA) is 89.8 Å². The first kappa shape index (κ1) is 47.6. The van der Waals surface area contributed by atoms with Gasteiger partial charge in [-0.3, -0.25) is 4.79 Å². The van der Waals surface area contributed by atoms with Gasteiger partial charge in [0.05, 0.1) is 18.8 Å². The third kappa shape index (κ3) is 34.8. The number of carbonyl (C=O) groups is 1. The van der Waals surface area contributed by atoms with Crippen LogP contribution < -0.4 is 5.32 Å². The highest BCUT2D eigenvalue weighted by Gasteiger charge is 2.22. The predicted molar refractivity (Wildman–Crippen MR) is 213 cm³/mol. The molecule has 0 aliphatic heterocycles. The van der Waals surface area contributed by atoms with Crippen LogP contribution in [0.1, 0.15) is 213 Å². The second kappa shape index (κ2) is 39.4. The SMILES string of the molecule is CCCCCCCCC/C=C/CC/C=C/C(O)C(CO)NC(=O)C(O)CCCCCCCC/C=C\CCCCCCCCCCCCCC. The van der Waals surface area contributed by atoms with Crippen LogP contribution in [-0.2, 0) is 4.79 Å². The molecule has 0 spiro atoms. The van der Waals surface area contributed by atoms with E-state index in [2.05, 4.69) is 43.5 Å². The number of aliphatic hydroxyl groups excluding tert-OH is 3. The second-order valence-corrected chi connectivity index (χ2v) is 14.5. The summed E-state index contributed by atoms with van der Waals surface area (Å²) in [6, 6.07) is -0.815. The van der Waals surface area contributed by atoms with Crippen molar-refractivity contribution >= 4 is 5.91 Å². The zero-order valence-corrected chi connectivity index (χ0v) is 32.6. The first-order valence-electron chi connectivity index (χ1n) is 21.3. The van der Waals surface area contributed by atoms with Gasteiger partial charge in [-0.1, -0.05) is 192 Å². The van der Waals surface area contributed by atoms with Gasteiger partial charge in [-0.05, 0) is 57.8 Å². The Labute approximate surface area is 304 Å². The highest BCUT2D eigenvalue weighted by molar-refractivity contribution is 5.80. The molecule has 0 heterocycles. The molecule has 0 aromatic heterocycles. The summed E-state index contributed by atoms with van der Waals surface area (Å²) in [5.41, 5.74) is 0. The van der Waals surface area contributed by atoms with E-state index < -0.39 is 24.2 Å². The number of allylic oxidation sites excluding steroid dienone is 5. The van der Waals surface area contributed by atoms with Crippen molar-refractivity contribution < 1.29 is 20.1 Å². The quantitative estimate of drug-likeness (QED) is 0.0384. The minimum Gasteiger partial charge on any atom is -0.394 e. The van der Waals surface area contributed by atoms with Gasteiger partial charge in [0.2, 0.25) is 5.91 Å². The van der Waals surface area contributed by atoms with Crippen molar-refractivity contribution in [2.75, 3.05) is 6.61 Å². The maximum Gasteiger partial charge on any atom is 0.249 e. The van der Waals surface area contributed by atoms with E-state index in [1.54, 1.807) is 6.08 Å². The lowest BCUT2D eigenvalue weighted by Crippen LogP contribution is -2.48. The van der Waals surface area contributed by atoms with Gasteiger partial charge < -0.3 is 20.6 Å². The molecule has 0 aromatic carbocycles. The fraction of sp³-hybridized carbons (Fsp3) is 0.841. The van der Waals surface area contributed by atoms with Crippen LogP contribution in [-0.4, -0.2) is 46.1 Å². The average molecular weight is 690 g/mol. The van der Waals surface area contributed by atoms with E-state index in [1.807, 2.05) is 6.08 Å². The Morgan fingerprint density at radius 2 is 0.837 bits per heavy atom. The first-order chi connectivity index (χ1) is 24.1. The fourth-order valence-corrected chi connectivity index (χ4v) is 6.31. The van der Waals surface area contributed by atoms with E-state index in [0.717, 1.165) is 38.5 Å². The van der Waals surface area contributed by atoms with Crippen LogP contribution in [0.3, 0.4) is 0 Å². The molecule has 49 heavy (non-hydrogen) atoms. The summed E-state index contributed by atoms with van der Waals surface area (Å²) in [4.78, 5) is 12.4. The molecule has 1 amide bonds. The van der Waals surface area contributed by atoms with Gasteiger partial charge in [0.15, 0.2) is 0 Å². The molecule has 0 saturated heterocycles.